The molecule has 0 bridgehead atoms. The van der Waals surface area contributed by atoms with Crippen LogP contribution in [-0.4, -0.2) is 21.7 Å². The molecule has 1 amide bonds. The van der Waals surface area contributed by atoms with Crippen molar-refractivity contribution in [2.24, 2.45) is 5.10 Å². The second-order valence-electron chi connectivity index (χ2n) is 2.49. The normalized spacial score (nSPS) is 16.3. The number of aromatic nitrogens is 1. The molecule has 1 aromatic rings. The summed E-state index contributed by atoms with van der Waals surface area (Å²) in [4.78, 5) is 14.7. The molecule has 13 heavy (non-hydrogen) atoms. The fourth-order valence-corrected chi connectivity index (χ4v) is 1.60. The molecule has 2 heterocycles. The molecule has 2 rings (SSSR count). The molecule has 0 saturated heterocycles. The van der Waals surface area contributed by atoms with Gasteiger partial charge >= 0.3 is 0 Å². The van der Waals surface area contributed by atoms with Crippen molar-refractivity contribution in [3.63, 3.8) is 0 Å². The van der Waals surface area contributed by atoms with Gasteiger partial charge in [0.05, 0.1) is 5.71 Å². The fraction of sp³-hybridized carbons (Fsp3) is 0.125. The standard InChI is InChI=1S/C8H7N3OS/c12-8-11-10-7(5-13-8)6-2-1-3-9-4-6/h1-4H,5H2,(H,11,12). The molecule has 0 aliphatic carbocycles. The van der Waals surface area contributed by atoms with E-state index >= 15 is 0 Å². The number of hydrazone groups is 1. The van der Waals surface area contributed by atoms with Crippen molar-refractivity contribution < 1.29 is 4.79 Å². The molecule has 1 aromatic heterocycles. The van der Waals surface area contributed by atoms with Crippen LogP contribution in [0, 0.1) is 0 Å². The first-order valence-corrected chi connectivity index (χ1v) is 4.74. The van der Waals surface area contributed by atoms with Gasteiger partial charge in [-0.15, -0.1) is 0 Å². The monoisotopic (exact) mass is 193 g/mol. The molecule has 0 aromatic carbocycles. The average Bonchev–Trinajstić information content (AvgIpc) is 2.20. The van der Waals surface area contributed by atoms with Crippen LogP contribution in [-0.2, 0) is 0 Å². The summed E-state index contributed by atoms with van der Waals surface area (Å²) in [5.41, 5.74) is 4.23. The summed E-state index contributed by atoms with van der Waals surface area (Å²) in [6.45, 7) is 0. The first-order valence-electron chi connectivity index (χ1n) is 3.76. The van der Waals surface area contributed by atoms with Crippen LogP contribution >= 0.6 is 11.8 Å². The van der Waals surface area contributed by atoms with Gasteiger partial charge in [-0.25, -0.2) is 5.43 Å². The molecule has 0 saturated carbocycles. The lowest BCUT2D eigenvalue weighted by Crippen LogP contribution is -2.23. The number of amides is 1. The minimum absolute atomic E-state index is 0.104. The zero-order chi connectivity index (χ0) is 9.10. The number of carbonyl (C=O) groups excluding carboxylic acids is 1. The highest BCUT2D eigenvalue weighted by atomic mass is 32.2. The van der Waals surface area contributed by atoms with E-state index in [0.717, 1.165) is 11.3 Å². The van der Waals surface area contributed by atoms with Gasteiger partial charge in [-0.05, 0) is 12.1 Å². The lowest BCUT2D eigenvalue weighted by Gasteiger charge is -2.10. The van der Waals surface area contributed by atoms with Crippen molar-refractivity contribution in [2.75, 3.05) is 5.75 Å². The lowest BCUT2D eigenvalue weighted by molar-refractivity contribution is 0.261. The summed E-state index contributed by atoms with van der Waals surface area (Å²) in [6, 6.07) is 3.77. The van der Waals surface area contributed by atoms with Crippen molar-refractivity contribution >= 4 is 22.7 Å². The number of hydrogen-bond acceptors (Lipinski definition) is 4. The van der Waals surface area contributed by atoms with Gasteiger partial charge in [-0.1, -0.05) is 11.8 Å². The molecule has 0 atom stereocenters. The zero-order valence-electron chi connectivity index (χ0n) is 6.73. The number of carbonyl (C=O) groups is 1. The quantitative estimate of drug-likeness (QED) is 0.730. The Kier molecular flexibility index (Phi) is 2.27. The smallest absolute Gasteiger partial charge is 0.264 e. The number of nitrogens with zero attached hydrogens (tertiary/aromatic N) is 2. The zero-order valence-corrected chi connectivity index (χ0v) is 7.54. The third-order valence-electron chi connectivity index (χ3n) is 1.62. The van der Waals surface area contributed by atoms with Crippen molar-refractivity contribution in [3.8, 4) is 0 Å². The maximum atomic E-state index is 10.8. The highest BCUT2D eigenvalue weighted by Gasteiger charge is 2.13. The molecule has 0 fully saturated rings. The van der Waals surface area contributed by atoms with Gasteiger partial charge in [-0.3, -0.25) is 9.78 Å². The largest absolute Gasteiger partial charge is 0.299 e. The van der Waals surface area contributed by atoms with E-state index in [1.165, 1.54) is 11.8 Å². The minimum atomic E-state index is -0.104. The molecule has 5 heteroatoms. The average molecular weight is 193 g/mol. The number of thioether (sulfide) groups is 1. The summed E-state index contributed by atoms with van der Waals surface area (Å²) in [6.07, 6.45) is 3.44. The van der Waals surface area contributed by atoms with Crippen LogP contribution < -0.4 is 5.43 Å². The van der Waals surface area contributed by atoms with Gasteiger partial charge in [0.2, 0.25) is 0 Å². The number of rotatable bonds is 1. The van der Waals surface area contributed by atoms with Crippen molar-refractivity contribution in [1.29, 1.82) is 0 Å². The van der Waals surface area contributed by atoms with Crippen LogP contribution in [0.5, 0.6) is 0 Å². The van der Waals surface area contributed by atoms with Gasteiger partial charge in [0, 0.05) is 23.7 Å². The first-order chi connectivity index (χ1) is 6.36. The Morgan fingerprint density at radius 3 is 3.08 bits per heavy atom. The van der Waals surface area contributed by atoms with Crippen LogP contribution in [0.1, 0.15) is 5.56 Å². The second kappa shape index (κ2) is 3.57. The Hall–Kier alpha value is -1.36. The second-order valence-corrected chi connectivity index (χ2v) is 3.44. The van der Waals surface area contributed by atoms with E-state index in [1.807, 2.05) is 12.1 Å². The lowest BCUT2D eigenvalue weighted by atomic mass is 10.2. The van der Waals surface area contributed by atoms with E-state index in [-0.39, 0.29) is 5.24 Å². The van der Waals surface area contributed by atoms with Crippen LogP contribution in [0.25, 0.3) is 0 Å². The molecule has 0 radical (unpaired) electrons. The van der Waals surface area contributed by atoms with Crippen molar-refractivity contribution in [3.05, 3.63) is 30.1 Å². The summed E-state index contributed by atoms with van der Waals surface area (Å²) in [5, 5.41) is 3.83. The predicted octanol–water partition coefficient (Wildman–Crippen LogP) is 1.24. The molecule has 1 aliphatic rings. The van der Waals surface area contributed by atoms with E-state index in [2.05, 4.69) is 15.5 Å². The molecule has 1 aliphatic heterocycles. The Bertz CT molecular complexity index is 350. The highest BCUT2D eigenvalue weighted by molar-refractivity contribution is 8.14. The van der Waals surface area contributed by atoms with Gasteiger partial charge < -0.3 is 0 Å². The number of pyridine rings is 1. The predicted molar refractivity (Wildman–Crippen MR) is 51.8 cm³/mol. The third-order valence-corrected chi connectivity index (χ3v) is 2.39. The number of nitrogens with one attached hydrogen (secondary N) is 1. The van der Waals surface area contributed by atoms with E-state index in [0.29, 0.717) is 5.75 Å². The van der Waals surface area contributed by atoms with E-state index in [9.17, 15) is 4.79 Å². The molecular weight excluding hydrogens is 186 g/mol. The topological polar surface area (TPSA) is 54.4 Å². The third kappa shape index (κ3) is 1.86. The van der Waals surface area contributed by atoms with Gasteiger partial charge in [0.1, 0.15) is 0 Å². The first kappa shape index (κ1) is 8.25. The Morgan fingerprint density at radius 1 is 1.54 bits per heavy atom. The van der Waals surface area contributed by atoms with Crippen LogP contribution in [0.3, 0.4) is 0 Å². The van der Waals surface area contributed by atoms with Crippen molar-refractivity contribution in [1.82, 2.24) is 10.4 Å². The molecule has 0 spiro atoms. The molecule has 1 N–H and O–H groups in total. The highest BCUT2D eigenvalue weighted by Crippen LogP contribution is 2.11. The Labute approximate surface area is 79.4 Å². The van der Waals surface area contributed by atoms with Gasteiger partial charge in [0.15, 0.2) is 0 Å². The fourth-order valence-electron chi connectivity index (χ4n) is 0.993. The Morgan fingerprint density at radius 2 is 2.46 bits per heavy atom. The number of hydrogen-bond donors (Lipinski definition) is 1. The molecular formula is C8H7N3OS. The summed E-state index contributed by atoms with van der Waals surface area (Å²) in [7, 11) is 0. The van der Waals surface area contributed by atoms with Crippen molar-refractivity contribution in [2.45, 2.75) is 0 Å². The van der Waals surface area contributed by atoms with Gasteiger partial charge in [0.25, 0.3) is 5.24 Å². The summed E-state index contributed by atoms with van der Waals surface area (Å²) < 4.78 is 0. The maximum absolute atomic E-state index is 10.8. The van der Waals surface area contributed by atoms with Crippen LogP contribution in [0.4, 0.5) is 4.79 Å². The van der Waals surface area contributed by atoms with Gasteiger partial charge in [-0.2, -0.15) is 5.10 Å². The molecule has 0 unspecified atom stereocenters. The summed E-state index contributed by atoms with van der Waals surface area (Å²) in [5.74, 6) is 0.609. The molecule has 66 valence electrons. The van der Waals surface area contributed by atoms with Crippen LogP contribution in [0.15, 0.2) is 29.6 Å². The SMILES string of the molecule is O=C1NN=C(c2cccnc2)CS1. The van der Waals surface area contributed by atoms with E-state index in [4.69, 9.17) is 0 Å². The van der Waals surface area contributed by atoms with Crippen LogP contribution in [0.2, 0.25) is 0 Å². The maximum Gasteiger partial charge on any atom is 0.299 e. The van der Waals surface area contributed by atoms with E-state index in [1.54, 1.807) is 12.4 Å². The molecule has 4 nitrogen and oxygen atoms in total. The summed E-state index contributed by atoms with van der Waals surface area (Å²) >= 11 is 1.21. The minimum Gasteiger partial charge on any atom is -0.264 e. The Balaban J connectivity index is 2.23. The van der Waals surface area contributed by atoms with E-state index < -0.39 is 0 Å².